The molecule has 4 nitrogen and oxygen atoms in total. The number of aromatic nitrogens is 4. The maximum Gasteiger partial charge on any atom is 0.435 e. The van der Waals surface area contributed by atoms with Crippen molar-refractivity contribution in [2.24, 2.45) is 0 Å². The topological polar surface area (TPSA) is 43.6 Å². The molecule has 2 heterocycles. The normalized spacial score (nSPS) is 11.8. The first-order chi connectivity index (χ1) is 7.48. The fourth-order valence-electron chi connectivity index (χ4n) is 1.19. The number of rotatable bonds is 1. The van der Waals surface area contributed by atoms with Gasteiger partial charge in [-0.15, -0.1) is 0 Å². The summed E-state index contributed by atoms with van der Waals surface area (Å²) in [4.78, 5) is 7.46. The Balaban J connectivity index is 2.48. The van der Waals surface area contributed by atoms with Crippen molar-refractivity contribution in [3.63, 3.8) is 0 Å². The zero-order valence-electron chi connectivity index (χ0n) is 8.15. The zero-order valence-corrected chi connectivity index (χ0v) is 8.15. The zero-order chi connectivity index (χ0) is 11.8. The lowest BCUT2D eigenvalue weighted by atomic mass is 10.4. The highest BCUT2D eigenvalue weighted by Gasteiger charge is 2.34. The molecule has 0 aliphatic heterocycles. The Labute approximate surface area is 88.8 Å². The predicted molar refractivity (Wildman–Crippen MR) is 47.7 cm³/mol. The van der Waals surface area contributed by atoms with Crippen molar-refractivity contribution in [2.75, 3.05) is 0 Å². The van der Waals surface area contributed by atoms with E-state index in [1.54, 1.807) is 0 Å². The Hall–Kier alpha value is -1.92. The van der Waals surface area contributed by atoms with Crippen LogP contribution in [0.25, 0.3) is 5.82 Å². The summed E-state index contributed by atoms with van der Waals surface area (Å²) in [5.74, 6) is 0.135. The minimum Gasteiger partial charge on any atom is -0.249 e. The van der Waals surface area contributed by atoms with Gasteiger partial charge in [0.05, 0.1) is 0 Å². The molecule has 0 aliphatic rings. The number of hydrogen-bond donors (Lipinski definition) is 0. The number of alkyl halides is 3. The van der Waals surface area contributed by atoms with Gasteiger partial charge in [0.1, 0.15) is 6.20 Å². The second-order valence-electron chi connectivity index (χ2n) is 3.07. The van der Waals surface area contributed by atoms with Gasteiger partial charge >= 0.3 is 6.18 Å². The molecule has 0 N–H and O–H groups in total. The smallest absolute Gasteiger partial charge is 0.249 e. The summed E-state index contributed by atoms with van der Waals surface area (Å²) >= 11 is 0. The molecule has 0 saturated carbocycles. The van der Waals surface area contributed by atoms with E-state index >= 15 is 0 Å². The Morgan fingerprint density at radius 3 is 2.56 bits per heavy atom. The molecule has 16 heavy (non-hydrogen) atoms. The Morgan fingerprint density at radius 1 is 1.31 bits per heavy atom. The first-order valence-electron chi connectivity index (χ1n) is 4.31. The molecule has 2 aromatic rings. The summed E-state index contributed by atoms with van der Waals surface area (Å²) in [6.07, 6.45) is 0.745. The largest absolute Gasteiger partial charge is 0.435 e. The van der Waals surface area contributed by atoms with Gasteiger partial charge in [-0.05, 0) is 13.0 Å². The second-order valence-corrected chi connectivity index (χ2v) is 3.07. The summed E-state index contributed by atoms with van der Waals surface area (Å²) in [7, 11) is 0. The van der Waals surface area contributed by atoms with Crippen LogP contribution in [-0.2, 0) is 6.18 Å². The highest BCUT2D eigenvalue weighted by atomic mass is 19.4. The highest BCUT2D eigenvalue weighted by molar-refractivity contribution is 5.22. The van der Waals surface area contributed by atoms with Crippen molar-refractivity contribution < 1.29 is 13.2 Å². The molecule has 7 heteroatoms. The van der Waals surface area contributed by atoms with Gasteiger partial charge in [-0.3, -0.25) is 0 Å². The summed E-state index contributed by atoms with van der Waals surface area (Å²) in [5, 5.41) is 3.41. The van der Waals surface area contributed by atoms with Gasteiger partial charge in [-0.1, -0.05) is 0 Å². The van der Waals surface area contributed by atoms with E-state index in [1.165, 1.54) is 19.3 Å². The van der Waals surface area contributed by atoms with Crippen molar-refractivity contribution in [3.8, 4) is 5.82 Å². The first-order valence-corrected chi connectivity index (χ1v) is 4.31. The van der Waals surface area contributed by atoms with E-state index in [2.05, 4.69) is 21.3 Å². The lowest BCUT2D eigenvalue weighted by Gasteiger charge is -2.01. The van der Waals surface area contributed by atoms with Gasteiger partial charge in [-0.25, -0.2) is 14.6 Å². The van der Waals surface area contributed by atoms with Crippen molar-refractivity contribution in [3.05, 3.63) is 36.0 Å². The van der Waals surface area contributed by atoms with E-state index in [4.69, 9.17) is 0 Å². The maximum absolute atomic E-state index is 12.4. The van der Waals surface area contributed by atoms with Crippen LogP contribution in [0.3, 0.4) is 0 Å². The predicted octanol–water partition coefficient (Wildman–Crippen LogP) is 1.79. The van der Waals surface area contributed by atoms with Crippen LogP contribution in [0.4, 0.5) is 13.2 Å². The lowest BCUT2D eigenvalue weighted by Crippen LogP contribution is -2.08. The van der Waals surface area contributed by atoms with Crippen LogP contribution in [0.1, 0.15) is 11.4 Å². The van der Waals surface area contributed by atoms with E-state index in [1.807, 2.05) is 0 Å². The summed E-state index contributed by atoms with van der Waals surface area (Å²) in [5.41, 5.74) is -0.631. The van der Waals surface area contributed by atoms with E-state index in [9.17, 15) is 13.2 Å². The monoisotopic (exact) mass is 227 g/mol. The summed E-state index contributed by atoms with van der Waals surface area (Å²) in [6.45, 7) is 1.50. The van der Waals surface area contributed by atoms with Gasteiger partial charge in [0, 0.05) is 18.1 Å². The maximum atomic E-state index is 12.4. The van der Waals surface area contributed by atoms with E-state index < -0.39 is 11.9 Å². The molecule has 0 amide bonds. The third-order valence-corrected chi connectivity index (χ3v) is 1.88. The molecule has 0 spiro atoms. The van der Waals surface area contributed by atoms with E-state index in [0.29, 0.717) is 5.69 Å². The molecule has 0 bridgehead atoms. The Morgan fingerprint density at radius 2 is 2.06 bits per heavy atom. The van der Waals surface area contributed by atoms with Crippen LogP contribution >= 0.6 is 0 Å². The molecule has 0 atom stereocenters. The quantitative estimate of drug-likeness (QED) is 0.745. The van der Waals surface area contributed by atoms with Crippen molar-refractivity contribution in [1.29, 1.82) is 0 Å². The number of nitrogens with zero attached hydrogens (tertiary/aromatic N) is 4. The van der Waals surface area contributed by atoms with Crippen LogP contribution in [0.5, 0.6) is 0 Å². The van der Waals surface area contributed by atoms with Gasteiger partial charge in [-0.2, -0.15) is 18.3 Å². The van der Waals surface area contributed by atoms with E-state index in [-0.39, 0.29) is 5.82 Å². The first kappa shape index (κ1) is 10.6. The fraction of sp³-hybridized carbons (Fsp3) is 0.222. The fourth-order valence-corrected chi connectivity index (χ4v) is 1.19. The van der Waals surface area contributed by atoms with Crippen LogP contribution < -0.4 is 0 Å². The number of halogens is 3. The molecule has 0 fully saturated rings. The van der Waals surface area contributed by atoms with E-state index in [0.717, 1.165) is 10.7 Å². The van der Waals surface area contributed by atoms with Crippen molar-refractivity contribution >= 4 is 0 Å². The highest BCUT2D eigenvalue weighted by Crippen LogP contribution is 2.28. The second kappa shape index (κ2) is 3.58. The molecule has 0 saturated heterocycles. The lowest BCUT2D eigenvalue weighted by molar-refractivity contribution is -0.141. The average molecular weight is 227 g/mol. The van der Waals surface area contributed by atoms with Crippen LogP contribution in [0.15, 0.2) is 18.5 Å². The summed E-state index contributed by atoms with van der Waals surface area (Å²) < 4.78 is 38.2. The molecule has 2 rings (SSSR count). The molecular formula is C9H6F3N4. The minimum atomic E-state index is -4.46. The van der Waals surface area contributed by atoms with Crippen LogP contribution in [0.2, 0.25) is 0 Å². The standard InChI is InChI=1S/C9H6F3N4/c1-6-4-7(9(10,11)12)15-16(6)8-5-13-2-3-14-8/h2-4H,1H3. The molecule has 0 aromatic carbocycles. The van der Waals surface area contributed by atoms with Gasteiger partial charge in [0.15, 0.2) is 11.5 Å². The van der Waals surface area contributed by atoms with Gasteiger partial charge in [0.25, 0.3) is 0 Å². The Kier molecular flexibility index (Phi) is 2.37. The van der Waals surface area contributed by atoms with Crippen molar-refractivity contribution in [2.45, 2.75) is 13.1 Å². The number of hydrogen-bond acceptors (Lipinski definition) is 3. The molecule has 1 radical (unpaired) electrons. The van der Waals surface area contributed by atoms with Crippen LogP contribution in [0, 0.1) is 13.1 Å². The van der Waals surface area contributed by atoms with Crippen LogP contribution in [-0.4, -0.2) is 19.7 Å². The SMILES string of the molecule is Cc1cc(C(F)(F)F)nn1-c1[c]nccn1. The molecular weight excluding hydrogens is 221 g/mol. The Bertz CT molecular complexity index is 489. The number of aryl methyl sites for hydroxylation is 1. The minimum absolute atomic E-state index is 0.135. The third-order valence-electron chi connectivity index (χ3n) is 1.88. The molecule has 83 valence electrons. The van der Waals surface area contributed by atoms with Crippen molar-refractivity contribution in [1.82, 2.24) is 19.7 Å². The average Bonchev–Trinajstić information content (AvgIpc) is 2.61. The molecule has 0 unspecified atom stereocenters. The van der Waals surface area contributed by atoms with Gasteiger partial charge in [0.2, 0.25) is 0 Å². The third kappa shape index (κ3) is 1.88. The molecule has 0 aliphatic carbocycles. The van der Waals surface area contributed by atoms with Gasteiger partial charge < -0.3 is 0 Å². The summed E-state index contributed by atoms with van der Waals surface area (Å²) in [6, 6.07) is 0.947. The molecule has 2 aromatic heterocycles.